The van der Waals surface area contributed by atoms with E-state index in [1.807, 2.05) is 24.3 Å². The van der Waals surface area contributed by atoms with Crippen molar-refractivity contribution in [1.29, 1.82) is 0 Å². The molecule has 0 bridgehead atoms. The summed E-state index contributed by atoms with van der Waals surface area (Å²) < 4.78 is 42.1. The monoisotopic (exact) mass is 567 g/mol. The zero-order valence-electron chi connectivity index (χ0n) is 23.3. The molecule has 2 aromatic carbocycles. The van der Waals surface area contributed by atoms with E-state index in [2.05, 4.69) is 20.8 Å². The largest absolute Gasteiger partial charge is 0.493 e. The molecule has 0 radical (unpaired) electrons. The molecule has 8 nitrogen and oxygen atoms in total. The summed E-state index contributed by atoms with van der Waals surface area (Å²) in [6, 6.07) is 10.9. The minimum atomic E-state index is -3.41. The number of nitrogens with zero attached hydrogens (tertiary/aromatic N) is 1. The van der Waals surface area contributed by atoms with Crippen molar-refractivity contribution in [2.24, 2.45) is 5.41 Å². The van der Waals surface area contributed by atoms with Gasteiger partial charge in [0.25, 0.3) is 5.91 Å². The summed E-state index contributed by atoms with van der Waals surface area (Å²) in [6.07, 6.45) is -1.47. The Hall–Kier alpha value is -2.09. The number of fused-ring (bicyclic) bond motifs is 1. The molecule has 0 spiro atoms. The molecule has 0 saturated heterocycles. The number of hydrogen-bond donors (Lipinski definition) is 0. The molecule has 0 unspecified atom stereocenters. The Morgan fingerprint density at radius 1 is 1.03 bits per heavy atom. The van der Waals surface area contributed by atoms with Gasteiger partial charge < -0.3 is 28.2 Å². The quantitative estimate of drug-likeness (QED) is 0.274. The first-order valence-electron chi connectivity index (χ1n) is 12.8. The van der Waals surface area contributed by atoms with Crippen LogP contribution in [-0.2, 0) is 23.1 Å². The van der Waals surface area contributed by atoms with E-state index in [1.54, 1.807) is 45.1 Å². The summed E-state index contributed by atoms with van der Waals surface area (Å²) in [6.45, 7) is 10.6. The molecule has 10 heteroatoms. The van der Waals surface area contributed by atoms with Crippen molar-refractivity contribution in [2.75, 3.05) is 45.0 Å². The fourth-order valence-corrected chi connectivity index (χ4v) is 6.44. The number of hydrogen-bond acceptors (Lipinski definition) is 7. The fourth-order valence-electron chi connectivity index (χ4n) is 4.59. The van der Waals surface area contributed by atoms with Gasteiger partial charge in [0.2, 0.25) is 0 Å². The number of methoxy groups -OCH3 is 2. The molecule has 0 aromatic heterocycles. The zero-order chi connectivity index (χ0) is 28.1. The first-order chi connectivity index (χ1) is 18.0. The van der Waals surface area contributed by atoms with Crippen LogP contribution in [0.15, 0.2) is 36.4 Å². The highest BCUT2D eigenvalue weighted by Crippen LogP contribution is 2.50. The van der Waals surface area contributed by atoms with Gasteiger partial charge in [0, 0.05) is 28.4 Å². The molecule has 2 aromatic rings. The maximum Gasteiger partial charge on any atom is 0.330 e. The van der Waals surface area contributed by atoms with E-state index in [1.165, 1.54) is 0 Å². The normalized spacial score (nSPS) is 18.2. The summed E-state index contributed by atoms with van der Waals surface area (Å²) in [5.41, 5.74) is 1.89. The summed E-state index contributed by atoms with van der Waals surface area (Å²) in [4.78, 5) is 15.8. The van der Waals surface area contributed by atoms with Crippen LogP contribution in [0.3, 0.4) is 0 Å². The van der Waals surface area contributed by atoms with Crippen LogP contribution >= 0.6 is 19.2 Å². The van der Waals surface area contributed by atoms with Gasteiger partial charge in [-0.25, -0.2) is 0 Å². The second-order valence-electron chi connectivity index (χ2n) is 10.2. The smallest absolute Gasteiger partial charge is 0.330 e. The first kappa shape index (κ1) is 30.5. The average Bonchev–Trinajstić information content (AvgIpc) is 2.96. The van der Waals surface area contributed by atoms with Gasteiger partial charge in [-0.15, -0.1) is 0 Å². The molecule has 0 aliphatic carbocycles. The molecular formula is C28H39ClNO7P. The lowest BCUT2D eigenvalue weighted by Gasteiger charge is -2.31. The van der Waals surface area contributed by atoms with Crippen molar-refractivity contribution < 1.29 is 32.6 Å². The average molecular weight is 568 g/mol. The molecule has 1 amide bonds. The summed E-state index contributed by atoms with van der Waals surface area (Å²) >= 11 is 6.47. The van der Waals surface area contributed by atoms with Crippen LogP contribution in [0.5, 0.6) is 11.5 Å². The van der Waals surface area contributed by atoms with Crippen LogP contribution in [0.2, 0.25) is 5.02 Å². The molecule has 3 rings (SSSR count). The van der Waals surface area contributed by atoms with Gasteiger partial charge in [-0.05, 0) is 49.9 Å². The number of benzene rings is 2. The van der Waals surface area contributed by atoms with Crippen molar-refractivity contribution in [3.63, 3.8) is 0 Å². The number of carbonyl (C=O) groups excluding carboxylic acids is 1. The van der Waals surface area contributed by atoms with Crippen molar-refractivity contribution in [1.82, 2.24) is 0 Å². The molecule has 1 heterocycles. The minimum Gasteiger partial charge on any atom is -0.493 e. The van der Waals surface area contributed by atoms with Crippen LogP contribution in [0.1, 0.15) is 58.3 Å². The molecule has 38 heavy (non-hydrogen) atoms. The molecule has 0 N–H and O–H groups in total. The third-order valence-electron chi connectivity index (χ3n) is 6.07. The Labute approximate surface area is 231 Å². The van der Waals surface area contributed by atoms with Crippen LogP contribution in [0.4, 0.5) is 5.69 Å². The van der Waals surface area contributed by atoms with Crippen LogP contribution in [0.25, 0.3) is 0 Å². The maximum absolute atomic E-state index is 14.1. The Morgan fingerprint density at radius 3 is 2.29 bits per heavy atom. The van der Waals surface area contributed by atoms with E-state index in [0.29, 0.717) is 34.3 Å². The lowest BCUT2D eigenvalue weighted by Crippen LogP contribution is -2.43. The highest BCUT2D eigenvalue weighted by atomic mass is 35.5. The van der Waals surface area contributed by atoms with Crippen LogP contribution in [-0.4, -0.2) is 52.2 Å². The van der Waals surface area contributed by atoms with E-state index in [-0.39, 0.29) is 37.1 Å². The number of carbonyl (C=O) groups is 1. The van der Waals surface area contributed by atoms with Gasteiger partial charge in [-0.2, -0.15) is 0 Å². The summed E-state index contributed by atoms with van der Waals surface area (Å²) in [5, 5.41) is 0.512. The highest BCUT2D eigenvalue weighted by molar-refractivity contribution is 7.53. The topological polar surface area (TPSA) is 83.5 Å². The SMILES string of the molecule is CCOP(=O)(CC[C@H]1O[C@H](c2cccc(OC)c2OC)c2cc(Cl)ccc2N(CC(C)(C)C)C1=O)OCC. The number of ether oxygens (including phenoxy) is 3. The fraction of sp³-hybridized carbons (Fsp3) is 0.536. The second kappa shape index (κ2) is 12.8. The molecule has 210 valence electrons. The molecule has 2 atom stereocenters. The van der Waals surface area contributed by atoms with Gasteiger partial charge in [-0.1, -0.05) is 44.5 Å². The van der Waals surface area contributed by atoms with Gasteiger partial charge in [0.15, 0.2) is 11.5 Å². The highest BCUT2D eigenvalue weighted by Gasteiger charge is 2.40. The predicted molar refractivity (Wildman–Crippen MR) is 150 cm³/mol. The Kier molecular flexibility index (Phi) is 10.3. The van der Waals surface area contributed by atoms with Crippen molar-refractivity contribution in [3.05, 3.63) is 52.5 Å². The molecule has 1 aliphatic rings. The molecular weight excluding hydrogens is 529 g/mol. The number of rotatable bonds is 11. The third-order valence-corrected chi connectivity index (χ3v) is 8.41. The van der Waals surface area contributed by atoms with E-state index >= 15 is 0 Å². The molecule has 0 saturated carbocycles. The second-order valence-corrected chi connectivity index (χ2v) is 12.9. The third kappa shape index (κ3) is 7.10. The number of halogens is 1. The van der Waals surface area contributed by atoms with E-state index in [0.717, 1.165) is 5.56 Å². The molecule has 0 fully saturated rings. The van der Waals surface area contributed by atoms with Crippen molar-refractivity contribution in [3.8, 4) is 11.5 Å². The minimum absolute atomic E-state index is 0.0352. The standard InChI is InChI=1S/C28H39ClNO7P/c1-8-35-38(32,36-9-2)16-15-24-27(31)30(18-28(3,4)5)22-14-13-19(29)17-21(22)25(37-24)20-11-10-12-23(33-6)26(20)34-7/h10-14,17,24-25H,8-9,15-16,18H2,1-7H3/t24-,25-/m1/s1. The number of amides is 1. The van der Waals surface area contributed by atoms with Crippen LogP contribution < -0.4 is 14.4 Å². The van der Waals surface area contributed by atoms with Crippen molar-refractivity contribution >= 4 is 30.8 Å². The summed E-state index contributed by atoms with van der Waals surface area (Å²) in [5.74, 6) is 0.802. The lowest BCUT2D eigenvalue weighted by molar-refractivity contribution is -0.132. The van der Waals surface area contributed by atoms with Crippen molar-refractivity contribution in [2.45, 2.75) is 53.2 Å². The lowest BCUT2D eigenvalue weighted by atomic mass is 9.94. The van der Waals surface area contributed by atoms with Gasteiger partial charge >= 0.3 is 7.60 Å². The van der Waals surface area contributed by atoms with Gasteiger partial charge in [0.05, 0.1) is 33.6 Å². The Bertz CT molecular complexity index is 1160. The first-order valence-corrected chi connectivity index (χ1v) is 14.9. The number of anilines is 1. The zero-order valence-corrected chi connectivity index (χ0v) is 24.9. The Morgan fingerprint density at radius 2 is 1.71 bits per heavy atom. The van der Waals surface area contributed by atoms with E-state index in [9.17, 15) is 9.36 Å². The molecule has 1 aliphatic heterocycles. The summed E-state index contributed by atoms with van der Waals surface area (Å²) in [7, 11) is -0.277. The van der Waals surface area contributed by atoms with Gasteiger partial charge in [0.1, 0.15) is 12.2 Å². The van der Waals surface area contributed by atoms with Gasteiger partial charge in [-0.3, -0.25) is 9.36 Å². The Balaban J connectivity index is 2.17. The van der Waals surface area contributed by atoms with E-state index < -0.39 is 19.8 Å². The predicted octanol–water partition coefficient (Wildman–Crippen LogP) is 6.88. The van der Waals surface area contributed by atoms with E-state index in [4.69, 9.17) is 34.9 Å². The number of para-hydroxylation sites is 1. The van der Waals surface area contributed by atoms with Crippen LogP contribution in [0, 0.1) is 5.41 Å². The maximum atomic E-state index is 14.1.